The second kappa shape index (κ2) is 14.6. The minimum absolute atomic E-state index is 0. The van der Waals surface area contributed by atoms with Crippen LogP contribution in [-0.4, -0.2) is 74.5 Å². The van der Waals surface area contributed by atoms with Crippen molar-refractivity contribution in [3.05, 3.63) is 0 Å². The molecule has 1 saturated heterocycles. The molecular formula is C18H38IN5O. The van der Waals surface area contributed by atoms with Crippen LogP contribution in [-0.2, 0) is 4.79 Å². The maximum atomic E-state index is 12.2. The Balaban J connectivity index is 0.00000576. The van der Waals surface area contributed by atoms with Gasteiger partial charge in [0.2, 0.25) is 5.91 Å². The van der Waals surface area contributed by atoms with Gasteiger partial charge in [0.1, 0.15) is 0 Å². The van der Waals surface area contributed by atoms with Crippen molar-refractivity contribution in [3.63, 3.8) is 0 Å². The highest BCUT2D eigenvalue weighted by molar-refractivity contribution is 14.0. The Kier molecular flexibility index (Phi) is 14.3. The Labute approximate surface area is 171 Å². The number of hydrogen-bond donors (Lipinski definition) is 2. The minimum Gasteiger partial charge on any atom is -0.357 e. The van der Waals surface area contributed by atoms with Crippen molar-refractivity contribution in [2.24, 2.45) is 4.99 Å². The molecule has 0 aromatic heterocycles. The average molecular weight is 467 g/mol. The van der Waals surface area contributed by atoms with E-state index in [4.69, 9.17) is 0 Å². The largest absolute Gasteiger partial charge is 0.357 e. The summed E-state index contributed by atoms with van der Waals surface area (Å²) in [6, 6.07) is 0.0735. The lowest BCUT2D eigenvalue weighted by molar-refractivity contribution is -0.133. The van der Waals surface area contributed by atoms with Crippen LogP contribution in [0.5, 0.6) is 0 Å². The first-order valence-electron chi connectivity index (χ1n) is 9.57. The summed E-state index contributed by atoms with van der Waals surface area (Å²) >= 11 is 0. The van der Waals surface area contributed by atoms with E-state index in [9.17, 15) is 4.79 Å². The fraction of sp³-hybridized carbons (Fsp3) is 0.889. The topological polar surface area (TPSA) is 60.0 Å². The lowest BCUT2D eigenvalue weighted by Crippen LogP contribution is -2.43. The van der Waals surface area contributed by atoms with Crippen molar-refractivity contribution in [1.29, 1.82) is 0 Å². The summed E-state index contributed by atoms with van der Waals surface area (Å²) in [7, 11) is 3.69. The molecule has 0 radical (unpaired) electrons. The number of guanidine groups is 1. The molecule has 1 unspecified atom stereocenters. The SMILES string of the molecule is CCCCCNC(=NCCCN1CCCC1C(=O)N(C)C)NCC.I. The summed E-state index contributed by atoms with van der Waals surface area (Å²) in [6.45, 7) is 8.93. The molecule has 0 saturated carbocycles. The quantitative estimate of drug-likeness (QED) is 0.224. The molecule has 1 aliphatic rings. The van der Waals surface area contributed by atoms with E-state index in [0.717, 1.165) is 57.9 Å². The van der Waals surface area contributed by atoms with Crippen molar-refractivity contribution < 1.29 is 4.79 Å². The van der Waals surface area contributed by atoms with E-state index in [1.807, 2.05) is 14.1 Å². The number of rotatable bonds is 10. The summed E-state index contributed by atoms with van der Waals surface area (Å²) < 4.78 is 0. The van der Waals surface area contributed by atoms with Crippen LogP contribution in [0.25, 0.3) is 0 Å². The zero-order chi connectivity index (χ0) is 17.8. The standard InChI is InChI=1S/C18H37N5O.HI/c1-5-7-8-12-20-18(19-6-2)21-13-10-15-23-14-9-11-16(23)17(24)22(3)4;/h16H,5-15H2,1-4H3,(H2,19,20,21);1H. The van der Waals surface area contributed by atoms with E-state index >= 15 is 0 Å². The normalized spacial score (nSPS) is 17.9. The van der Waals surface area contributed by atoms with Gasteiger partial charge in [-0.2, -0.15) is 0 Å². The molecule has 1 fully saturated rings. The molecule has 0 aliphatic carbocycles. The van der Waals surface area contributed by atoms with Gasteiger partial charge in [-0.25, -0.2) is 0 Å². The van der Waals surface area contributed by atoms with Crippen molar-refractivity contribution in [3.8, 4) is 0 Å². The Hall–Kier alpha value is -0.570. The number of carbonyl (C=O) groups excluding carboxylic acids is 1. The molecule has 1 aliphatic heterocycles. The van der Waals surface area contributed by atoms with Crippen LogP contribution in [0.3, 0.4) is 0 Å². The van der Waals surface area contributed by atoms with Gasteiger partial charge in [-0.3, -0.25) is 14.7 Å². The number of likely N-dealkylation sites (tertiary alicyclic amines) is 1. The van der Waals surface area contributed by atoms with Crippen LogP contribution in [0, 0.1) is 0 Å². The molecule has 7 heteroatoms. The Bertz CT molecular complexity index is 390. The highest BCUT2D eigenvalue weighted by Crippen LogP contribution is 2.18. The second-order valence-corrected chi connectivity index (χ2v) is 6.67. The molecule has 0 aromatic carbocycles. The number of likely N-dealkylation sites (N-methyl/N-ethyl adjacent to an activating group) is 1. The van der Waals surface area contributed by atoms with Gasteiger partial charge in [0.15, 0.2) is 5.96 Å². The fourth-order valence-electron chi connectivity index (χ4n) is 3.06. The first-order valence-corrected chi connectivity index (χ1v) is 9.57. The zero-order valence-corrected chi connectivity index (χ0v) is 18.8. The van der Waals surface area contributed by atoms with Gasteiger partial charge in [-0.05, 0) is 39.2 Å². The van der Waals surface area contributed by atoms with E-state index in [0.29, 0.717) is 0 Å². The Morgan fingerprint density at radius 2 is 1.96 bits per heavy atom. The third-order valence-electron chi connectivity index (χ3n) is 4.38. The van der Waals surface area contributed by atoms with Crippen LogP contribution in [0.15, 0.2) is 4.99 Å². The summed E-state index contributed by atoms with van der Waals surface area (Å²) in [5.41, 5.74) is 0. The van der Waals surface area contributed by atoms with Crippen LogP contribution in [0.1, 0.15) is 52.4 Å². The molecule has 6 nitrogen and oxygen atoms in total. The molecule has 148 valence electrons. The number of nitrogens with zero attached hydrogens (tertiary/aromatic N) is 3. The maximum Gasteiger partial charge on any atom is 0.239 e. The predicted molar refractivity (Wildman–Crippen MR) is 117 cm³/mol. The number of amides is 1. The summed E-state index contributed by atoms with van der Waals surface area (Å²) in [4.78, 5) is 20.9. The highest BCUT2D eigenvalue weighted by atomic mass is 127. The van der Waals surface area contributed by atoms with Gasteiger partial charge in [-0.15, -0.1) is 24.0 Å². The molecule has 1 rings (SSSR count). The molecule has 1 atom stereocenters. The van der Waals surface area contributed by atoms with Crippen molar-refractivity contribution >= 4 is 35.8 Å². The van der Waals surface area contributed by atoms with Crippen molar-refractivity contribution in [2.75, 3.05) is 46.8 Å². The van der Waals surface area contributed by atoms with Crippen LogP contribution in [0.4, 0.5) is 0 Å². The third kappa shape index (κ3) is 9.63. The maximum absolute atomic E-state index is 12.2. The first-order chi connectivity index (χ1) is 11.6. The molecule has 0 aromatic rings. The molecular weight excluding hydrogens is 429 g/mol. The number of carbonyl (C=O) groups is 1. The number of unbranched alkanes of at least 4 members (excludes halogenated alkanes) is 2. The van der Waals surface area contributed by atoms with Crippen LogP contribution in [0.2, 0.25) is 0 Å². The number of halogens is 1. The molecule has 0 bridgehead atoms. The van der Waals surface area contributed by atoms with E-state index in [2.05, 4.69) is 34.4 Å². The van der Waals surface area contributed by atoms with Gasteiger partial charge >= 0.3 is 0 Å². The first kappa shape index (κ1) is 24.4. The summed E-state index contributed by atoms with van der Waals surface area (Å²) in [6.07, 6.45) is 6.77. The number of nitrogens with one attached hydrogen (secondary N) is 2. The van der Waals surface area contributed by atoms with E-state index < -0.39 is 0 Å². The van der Waals surface area contributed by atoms with Gasteiger partial charge in [-0.1, -0.05) is 19.8 Å². The molecule has 0 spiro atoms. The van der Waals surface area contributed by atoms with Gasteiger partial charge < -0.3 is 15.5 Å². The van der Waals surface area contributed by atoms with Crippen molar-refractivity contribution in [2.45, 2.75) is 58.4 Å². The molecule has 1 amide bonds. The lowest BCUT2D eigenvalue weighted by Gasteiger charge is -2.25. The van der Waals surface area contributed by atoms with Crippen LogP contribution >= 0.6 is 24.0 Å². The van der Waals surface area contributed by atoms with E-state index in [-0.39, 0.29) is 35.9 Å². The highest BCUT2D eigenvalue weighted by Gasteiger charge is 2.30. The van der Waals surface area contributed by atoms with E-state index in [1.165, 1.54) is 19.3 Å². The summed E-state index contributed by atoms with van der Waals surface area (Å²) in [5.74, 6) is 1.15. The van der Waals surface area contributed by atoms with Gasteiger partial charge in [0, 0.05) is 40.3 Å². The number of aliphatic imine (C=N–C) groups is 1. The fourth-order valence-corrected chi connectivity index (χ4v) is 3.06. The molecule has 25 heavy (non-hydrogen) atoms. The molecule has 2 N–H and O–H groups in total. The third-order valence-corrected chi connectivity index (χ3v) is 4.38. The lowest BCUT2D eigenvalue weighted by atomic mass is 10.2. The average Bonchev–Trinajstić information content (AvgIpc) is 3.02. The number of hydrogen-bond acceptors (Lipinski definition) is 3. The monoisotopic (exact) mass is 467 g/mol. The van der Waals surface area contributed by atoms with Gasteiger partial charge in [0.25, 0.3) is 0 Å². The van der Waals surface area contributed by atoms with E-state index in [1.54, 1.807) is 4.90 Å². The Morgan fingerprint density at radius 3 is 2.60 bits per heavy atom. The summed E-state index contributed by atoms with van der Waals surface area (Å²) in [5, 5.41) is 6.68. The second-order valence-electron chi connectivity index (χ2n) is 6.67. The minimum atomic E-state index is 0. The van der Waals surface area contributed by atoms with Crippen molar-refractivity contribution in [1.82, 2.24) is 20.4 Å². The predicted octanol–water partition coefficient (Wildman–Crippen LogP) is 2.29. The van der Waals surface area contributed by atoms with Gasteiger partial charge in [0.05, 0.1) is 6.04 Å². The Morgan fingerprint density at radius 1 is 1.20 bits per heavy atom. The zero-order valence-electron chi connectivity index (χ0n) is 16.5. The molecule has 1 heterocycles. The van der Waals surface area contributed by atoms with Crippen LogP contribution < -0.4 is 10.6 Å². The smallest absolute Gasteiger partial charge is 0.239 e.